The molecule has 3 aromatic rings. The summed E-state index contributed by atoms with van der Waals surface area (Å²) >= 11 is 0. The monoisotopic (exact) mass is 325 g/mol. The third-order valence-electron chi connectivity index (χ3n) is 3.72. The summed E-state index contributed by atoms with van der Waals surface area (Å²) in [6, 6.07) is 15.1. The van der Waals surface area contributed by atoms with Gasteiger partial charge in [0.25, 0.3) is 5.91 Å². The molecular formula is C18H19N3O3. The van der Waals surface area contributed by atoms with E-state index in [1.165, 1.54) is 0 Å². The van der Waals surface area contributed by atoms with Crippen LogP contribution in [0.2, 0.25) is 0 Å². The molecule has 0 aliphatic carbocycles. The second kappa shape index (κ2) is 7.14. The predicted molar refractivity (Wildman–Crippen MR) is 89.6 cm³/mol. The molecule has 1 unspecified atom stereocenters. The number of amides is 1. The summed E-state index contributed by atoms with van der Waals surface area (Å²) in [7, 11) is 1.62. The first-order valence-electron chi connectivity index (χ1n) is 7.65. The Morgan fingerprint density at radius 1 is 1.29 bits per heavy atom. The zero-order valence-electron chi connectivity index (χ0n) is 13.6. The number of ether oxygens (including phenoxy) is 1. The summed E-state index contributed by atoms with van der Waals surface area (Å²) in [4.78, 5) is 12.3. The molecule has 2 N–H and O–H groups in total. The lowest BCUT2D eigenvalue weighted by atomic mass is 10.1. The Hall–Kier alpha value is -2.86. The maximum Gasteiger partial charge on any atom is 0.271 e. The summed E-state index contributed by atoms with van der Waals surface area (Å²) in [6.07, 6.45) is -0.207. The molecule has 2 heterocycles. The van der Waals surface area contributed by atoms with Crippen molar-refractivity contribution in [3.8, 4) is 11.5 Å². The van der Waals surface area contributed by atoms with Gasteiger partial charge in [-0.15, -0.1) is 0 Å². The van der Waals surface area contributed by atoms with Gasteiger partial charge in [-0.1, -0.05) is 30.3 Å². The Morgan fingerprint density at radius 2 is 2.08 bits per heavy atom. The van der Waals surface area contributed by atoms with Gasteiger partial charge in [0.2, 0.25) is 0 Å². The van der Waals surface area contributed by atoms with Gasteiger partial charge in [0, 0.05) is 19.7 Å². The molecule has 0 aliphatic heterocycles. The van der Waals surface area contributed by atoms with E-state index in [0.717, 1.165) is 11.3 Å². The van der Waals surface area contributed by atoms with Crippen LogP contribution in [0.1, 0.15) is 27.9 Å². The van der Waals surface area contributed by atoms with Crippen LogP contribution in [0.25, 0.3) is 11.5 Å². The van der Waals surface area contributed by atoms with E-state index in [2.05, 4.69) is 15.5 Å². The molecule has 6 heteroatoms. The number of aromatic amines is 1. The molecule has 3 rings (SSSR count). The quantitative estimate of drug-likeness (QED) is 0.730. The number of H-pyrrole nitrogens is 1. The van der Waals surface area contributed by atoms with E-state index in [4.69, 9.17) is 9.15 Å². The summed E-state index contributed by atoms with van der Waals surface area (Å²) in [5.74, 6) is 1.19. The standard InChI is InChI=1S/C18H19N3O3/c1-12-8-9-16(24-12)14-10-15(21-20-14)18(22)19-11-17(23-2)13-6-4-3-5-7-13/h3-10,17H,11H2,1-2H3,(H,19,22)(H,20,21). The fourth-order valence-corrected chi connectivity index (χ4v) is 2.42. The van der Waals surface area contributed by atoms with Crippen molar-refractivity contribution < 1.29 is 13.9 Å². The molecule has 0 saturated carbocycles. The number of rotatable bonds is 6. The first-order chi connectivity index (χ1) is 11.7. The highest BCUT2D eigenvalue weighted by Crippen LogP contribution is 2.20. The van der Waals surface area contributed by atoms with Crippen molar-refractivity contribution in [3.05, 3.63) is 65.5 Å². The molecule has 1 amide bonds. The van der Waals surface area contributed by atoms with E-state index < -0.39 is 0 Å². The number of nitrogens with one attached hydrogen (secondary N) is 2. The van der Waals surface area contributed by atoms with Crippen LogP contribution < -0.4 is 5.32 Å². The number of hydrogen-bond acceptors (Lipinski definition) is 4. The number of carbonyl (C=O) groups is 1. The largest absolute Gasteiger partial charge is 0.460 e. The number of carbonyl (C=O) groups excluding carboxylic acids is 1. The fraction of sp³-hybridized carbons (Fsp3) is 0.222. The van der Waals surface area contributed by atoms with Crippen LogP contribution in [0, 0.1) is 6.92 Å². The number of furan rings is 1. The van der Waals surface area contributed by atoms with E-state index in [-0.39, 0.29) is 12.0 Å². The van der Waals surface area contributed by atoms with Crippen molar-refractivity contribution in [1.82, 2.24) is 15.5 Å². The van der Waals surface area contributed by atoms with Crippen LogP contribution in [0.5, 0.6) is 0 Å². The predicted octanol–water partition coefficient (Wildman–Crippen LogP) is 3.10. The lowest BCUT2D eigenvalue weighted by Crippen LogP contribution is -2.29. The zero-order chi connectivity index (χ0) is 16.9. The van der Waals surface area contributed by atoms with E-state index in [1.807, 2.05) is 49.4 Å². The van der Waals surface area contributed by atoms with Crippen molar-refractivity contribution in [1.29, 1.82) is 0 Å². The van der Waals surface area contributed by atoms with Crippen LogP contribution in [0.3, 0.4) is 0 Å². The van der Waals surface area contributed by atoms with Gasteiger partial charge in [-0.05, 0) is 24.6 Å². The Labute approximate surface area is 139 Å². The van der Waals surface area contributed by atoms with Crippen molar-refractivity contribution in [3.63, 3.8) is 0 Å². The number of methoxy groups -OCH3 is 1. The lowest BCUT2D eigenvalue weighted by molar-refractivity contribution is 0.0824. The minimum atomic E-state index is -0.265. The van der Waals surface area contributed by atoms with Crippen molar-refractivity contribution >= 4 is 5.91 Å². The molecule has 0 aliphatic rings. The highest BCUT2D eigenvalue weighted by molar-refractivity contribution is 5.93. The van der Waals surface area contributed by atoms with Gasteiger partial charge < -0.3 is 14.5 Å². The molecule has 24 heavy (non-hydrogen) atoms. The summed E-state index contributed by atoms with van der Waals surface area (Å²) in [5, 5.41) is 9.70. The average molecular weight is 325 g/mol. The fourth-order valence-electron chi connectivity index (χ4n) is 2.42. The molecule has 6 nitrogen and oxygen atoms in total. The van der Waals surface area contributed by atoms with Crippen LogP contribution in [-0.4, -0.2) is 29.8 Å². The Kier molecular flexibility index (Phi) is 4.77. The van der Waals surface area contributed by atoms with Crippen molar-refractivity contribution in [2.75, 3.05) is 13.7 Å². The summed E-state index contributed by atoms with van der Waals surface area (Å²) in [5.41, 5.74) is 1.98. The van der Waals surface area contributed by atoms with Gasteiger partial charge in [0.05, 0.1) is 6.10 Å². The number of hydrogen-bond donors (Lipinski definition) is 2. The minimum Gasteiger partial charge on any atom is -0.460 e. The van der Waals surface area contributed by atoms with Gasteiger partial charge in [-0.3, -0.25) is 9.89 Å². The number of benzene rings is 1. The van der Waals surface area contributed by atoms with Crippen LogP contribution in [0.4, 0.5) is 0 Å². The van der Waals surface area contributed by atoms with Gasteiger partial charge in [0.15, 0.2) is 11.5 Å². The molecule has 2 aromatic heterocycles. The number of aryl methyl sites for hydroxylation is 1. The molecule has 124 valence electrons. The molecule has 1 atom stereocenters. The second-order valence-corrected chi connectivity index (χ2v) is 5.42. The first kappa shape index (κ1) is 16.0. The highest BCUT2D eigenvalue weighted by Gasteiger charge is 2.16. The molecule has 0 fully saturated rings. The molecule has 0 spiro atoms. The number of nitrogens with zero attached hydrogens (tertiary/aromatic N) is 1. The summed E-state index contributed by atoms with van der Waals surface area (Å²) < 4.78 is 11.0. The molecule has 0 radical (unpaired) electrons. The van der Waals surface area contributed by atoms with E-state index >= 15 is 0 Å². The second-order valence-electron chi connectivity index (χ2n) is 5.42. The molecule has 0 saturated heterocycles. The maximum atomic E-state index is 12.3. The summed E-state index contributed by atoms with van der Waals surface area (Å²) in [6.45, 7) is 2.23. The molecule has 0 bridgehead atoms. The van der Waals surface area contributed by atoms with Gasteiger partial charge in [0.1, 0.15) is 11.5 Å². The van der Waals surface area contributed by atoms with Crippen molar-refractivity contribution in [2.24, 2.45) is 0 Å². The van der Waals surface area contributed by atoms with Crippen LogP contribution >= 0.6 is 0 Å². The van der Waals surface area contributed by atoms with Gasteiger partial charge in [-0.2, -0.15) is 5.10 Å². The smallest absolute Gasteiger partial charge is 0.271 e. The highest BCUT2D eigenvalue weighted by atomic mass is 16.5. The molecular weight excluding hydrogens is 306 g/mol. The normalized spacial score (nSPS) is 12.1. The Bertz CT molecular complexity index is 808. The van der Waals surface area contributed by atoms with Crippen LogP contribution in [0.15, 0.2) is 52.9 Å². The van der Waals surface area contributed by atoms with Gasteiger partial charge in [-0.25, -0.2) is 0 Å². The van der Waals surface area contributed by atoms with E-state index in [9.17, 15) is 4.79 Å². The third-order valence-corrected chi connectivity index (χ3v) is 3.72. The minimum absolute atomic E-state index is 0.207. The lowest BCUT2D eigenvalue weighted by Gasteiger charge is -2.16. The average Bonchev–Trinajstić information content (AvgIpc) is 3.25. The molecule has 1 aromatic carbocycles. The Morgan fingerprint density at radius 3 is 2.75 bits per heavy atom. The van der Waals surface area contributed by atoms with E-state index in [1.54, 1.807) is 13.2 Å². The van der Waals surface area contributed by atoms with Gasteiger partial charge >= 0.3 is 0 Å². The first-order valence-corrected chi connectivity index (χ1v) is 7.65. The number of aromatic nitrogens is 2. The maximum absolute atomic E-state index is 12.3. The third kappa shape index (κ3) is 3.55. The van der Waals surface area contributed by atoms with Crippen LogP contribution in [-0.2, 0) is 4.74 Å². The topological polar surface area (TPSA) is 80.1 Å². The van der Waals surface area contributed by atoms with E-state index in [0.29, 0.717) is 23.7 Å². The van der Waals surface area contributed by atoms with Crippen molar-refractivity contribution in [2.45, 2.75) is 13.0 Å². The zero-order valence-corrected chi connectivity index (χ0v) is 13.6. The SMILES string of the molecule is COC(CNC(=O)c1cc(-c2ccc(C)o2)[nH]n1)c1ccccc1. The Balaban J connectivity index is 1.64.